The lowest BCUT2D eigenvalue weighted by Gasteiger charge is -2.37. The molecule has 1 saturated heterocycles. The Kier molecular flexibility index (Phi) is 5.59. The van der Waals surface area contributed by atoms with Gasteiger partial charge in [0.2, 0.25) is 5.88 Å². The SMILES string of the molecule is CCCc1cnc2c(C(=O)Nc3cnccc3N3C[C@@H](C)C[C@@H](N)C3)c(N)oc2c1. The van der Waals surface area contributed by atoms with Gasteiger partial charge in [0.05, 0.1) is 17.6 Å². The monoisotopic (exact) mass is 408 g/mol. The van der Waals surface area contributed by atoms with Gasteiger partial charge in [0.15, 0.2) is 5.58 Å². The molecule has 8 nitrogen and oxygen atoms in total. The van der Waals surface area contributed by atoms with E-state index in [-0.39, 0.29) is 23.4 Å². The number of hydrogen-bond acceptors (Lipinski definition) is 7. The average molecular weight is 409 g/mol. The topological polar surface area (TPSA) is 123 Å². The first kappa shape index (κ1) is 20.2. The number of aromatic nitrogens is 2. The number of rotatable bonds is 5. The number of amides is 1. The zero-order valence-corrected chi connectivity index (χ0v) is 17.4. The van der Waals surface area contributed by atoms with Crippen LogP contribution >= 0.6 is 0 Å². The average Bonchev–Trinajstić information content (AvgIpc) is 3.03. The van der Waals surface area contributed by atoms with Crippen LogP contribution in [0.25, 0.3) is 11.1 Å². The van der Waals surface area contributed by atoms with Gasteiger partial charge < -0.3 is 26.1 Å². The second kappa shape index (κ2) is 8.31. The van der Waals surface area contributed by atoms with Crippen molar-refractivity contribution >= 4 is 34.3 Å². The summed E-state index contributed by atoms with van der Waals surface area (Å²) in [4.78, 5) is 23.9. The maximum absolute atomic E-state index is 13.1. The minimum atomic E-state index is -0.370. The van der Waals surface area contributed by atoms with E-state index in [9.17, 15) is 4.79 Å². The van der Waals surface area contributed by atoms with Crippen molar-refractivity contribution in [3.05, 3.63) is 41.9 Å². The predicted molar refractivity (Wildman–Crippen MR) is 119 cm³/mol. The van der Waals surface area contributed by atoms with Gasteiger partial charge in [-0.15, -0.1) is 0 Å². The fourth-order valence-electron chi connectivity index (χ4n) is 4.22. The molecule has 3 aromatic heterocycles. The highest BCUT2D eigenvalue weighted by atomic mass is 16.3. The molecule has 8 heteroatoms. The Balaban J connectivity index is 1.63. The molecule has 0 aromatic carbocycles. The molecule has 5 N–H and O–H groups in total. The van der Waals surface area contributed by atoms with Crippen LogP contribution in [0.4, 0.5) is 17.3 Å². The molecule has 158 valence electrons. The van der Waals surface area contributed by atoms with Crippen molar-refractivity contribution < 1.29 is 9.21 Å². The quantitative estimate of drug-likeness (QED) is 0.592. The van der Waals surface area contributed by atoms with Gasteiger partial charge in [-0.2, -0.15) is 0 Å². The number of pyridine rings is 2. The third-order valence-corrected chi connectivity index (χ3v) is 5.46. The molecule has 3 aromatic rings. The van der Waals surface area contributed by atoms with Gasteiger partial charge in [-0.05, 0) is 36.5 Å². The van der Waals surface area contributed by atoms with Gasteiger partial charge in [0.1, 0.15) is 11.1 Å². The third kappa shape index (κ3) is 3.95. The molecule has 0 spiro atoms. The summed E-state index contributed by atoms with van der Waals surface area (Å²) < 4.78 is 5.63. The van der Waals surface area contributed by atoms with Gasteiger partial charge in [-0.1, -0.05) is 20.3 Å². The standard InChI is InChI=1S/C22H28N6O2/c1-3-4-14-8-18-20(26-9-14)19(21(24)30-18)22(29)27-16-10-25-6-5-17(16)28-11-13(2)7-15(23)12-28/h5-6,8-10,13,15H,3-4,7,11-12,23-24H2,1-2H3,(H,27,29)/t13-,15+/m0/s1. The fourth-order valence-corrected chi connectivity index (χ4v) is 4.22. The van der Waals surface area contributed by atoms with Gasteiger partial charge in [-0.3, -0.25) is 14.8 Å². The number of nitrogens with two attached hydrogens (primary N) is 2. The predicted octanol–water partition coefficient (Wildman–Crippen LogP) is 3.18. The molecule has 0 saturated carbocycles. The number of fused-ring (bicyclic) bond motifs is 1. The van der Waals surface area contributed by atoms with Crippen LogP contribution in [-0.4, -0.2) is 35.0 Å². The van der Waals surface area contributed by atoms with E-state index >= 15 is 0 Å². The van der Waals surface area contributed by atoms with Gasteiger partial charge in [0.25, 0.3) is 5.91 Å². The van der Waals surface area contributed by atoms with E-state index in [2.05, 4.69) is 34.0 Å². The lowest BCUT2D eigenvalue weighted by atomic mass is 9.96. The number of furan rings is 1. The van der Waals surface area contributed by atoms with Gasteiger partial charge >= 0.3 is 0 Å². The number of aryl methyl sites for hydroxylation is 1. The molecule has 0 bridgehead atoms. The summed E-state index contributed by atoms with van der Waals surface area (Å²) in [5.74, 6) is 0.161. The zero-order valence-electron chi connectivity index (χ0n) is 17.4. The molecule has 30 heavy (non-hydrogen) atoms. The number of nitrogen functional groups attached to an aromatic ring is 1. The van der Waals surface area contributed by atoms with E-state index in [1.807, 2.05) is 12.1 Å². The van der Waals surface area contributed by atoms with Crippen LogP contribution < -0.4 is 21.7 Å². The van der Waals surface area contributed by atoms with Crippen LogP contribution in [0.3, 0.4) is 0 Å². The molecule has 1 aliphatic heterocycles. The van der Waals surface area contributed by atoms with Crippen molar-refractivity contribution in [3.63, 3.8) is 0 Å². The molecule has 4 heterocycles. The van der Waals surface area contributed by atoms with Crippen molar-refractivity contribution in [1.82, 2.24) is 9.97 Å². The lowest BCUT2D eigenvalue weighted by Crippen LogP contribution is -2.46. The second-order valence-electron chi connectivity index (χ2n) is 8.13. The Morgan fingerprint density at radius 2 is 2.20 bits per heavy atom. The van der Waals surface area contributed by atoms with Crippen LogP contribution in [0.2, 0.25) is 0 Å². The van der Waals surface area contributed by atoms with Crippen LogP contribution in [0.1, 0.15) is 42.6 Å². The number of carbonyl (C=O) groups excluding carboxylic acids is 1. The van der Waals surface area contributed by atoms with Crippen LogP contribution in [0.15, 0.2) is 35.1 Å². The Morgan fingerprint density at radius 3 is 2.97 bits per heavy atom. The normalized spacial score (nSPS) is 19.2. The molecule has 1 amide bonds. The third-order valence-electron chi connectivity index (χ3n) is 5.46. The van der Waals surface area contributed by atoms with Gasteiger partial charge in [-0.25, -0.2) is 0 Å². The van der Waals surface area contributed by atoms with Crippen molar-refractivity contribution in [3.8, 4) is 0 Å². The van der Waals surface area contributed by atoms with E-state index in [1.54, 1.807) is 18.6 Å². The second-order valence-corrected chi connectivity index (χ2v) is 8.13. The van der Waals surface area contributed by atoms with Crippen molar-refractivity contribution in [1.29, 1.82) is 0 Å². The van der Waals surface area contributed by atoms with Crippen LogP contribution in [0, 0.1) is 5.92 Å². The summed E-state index contributed by atoms with van der Waals surface area (Å²) in [5.41, 5.74) is 16.0. The van der Waals surface area contributed by atoms with E-state index in [0.29, 0.717) is 22.7 Å². The van der Waals surface area contributed by atoms with Crippen molar-refractivity contribution in [2.75, 3.05) is 29.0 Å². The van der Waals surface area contributed by atoms with Gasteiger partial charge in [0, 0.05) is 31.5 Å². The number of nitrogens with zero attached hydrogens (tertiary/aromatic N) is 3. The number of piperidine rings is 1. The Labute approximate surface area is 175 Å². The number of carbonyl (C=O) groups is 1. The fraction of sp³-hybridized carbons (Fsp3) is 0.409. The first-order chi connectivity index (χ1) is 14.5. The maximum Gasteiger partial charge on any atom is 0.263 e. The summed E-state index contributed by atoms with van der Waals surface area (Å²) in [6.07, 6.45) is 8.01. The molecular weight excluding hydrogens is 380 g/mol. The largest absolute Gasteiger partial charge is 0.438 e. The lowest BCUT2D eigenvalue weighted by molar-refractivity contribution is 0.102. The smallest absolute Gasteiger partial charge is 0.263 e. The van der Waals surface area contributed by atoms with Crippen LogP contribution in [0.5, 0.6) is 0 Å². The van der Waals surface area contributed by atoms with E-state index in [0.717, 1.165) is 43.6 Å². The summed E-state index contributed by atoms with van der Waals surface area (Å²) >= 11 is 0. The summed E-state index contributed by atoms with van der Waals surface area (Å²) in [7, 11) is 0. The molecular formula is C22H28N6O2. The maximum atomic E-state index is 13.1. The van der Waals surface area contributed by atoms with Crippen LogP contribution in [-0.2, 0) is 6.42 Å². The molecule has 0 aliphatic carbocycles. The Hall–Kier alpha value is -3.13. The number of hydrogen-bond donors (Lipinski definition) is 3. The minimum absolute atomic E-state index is 0.0581. The molecule has 0 unspecified atom stereocenters. The first-order valence-electron chi connectivity index (χ1n) is 10.4. The van der Waals surface area contributed by atoms with E-state index < -0.39 is 0 Å². The molecule has 1 fully saturated rings. The number of nitrogens with one attached hydrogen (secondary N) is 1. The molecule has 4 rings (SSSR count). The number of anilines is 3. The van der Waals surface area contributed by atoms with E-state index in [1.165, 1.54) is 0 Å². The molecule has 1 aliphatic rings. The Bertz CT molecular complexity index is 1050. The zero-order chi connectivity index (χ0) is 21.3. The Morgan fingerprint density at radius 1 is 1.37 bits per heavy atom. The summed E-state index contributed by atoms with van der Waals surface area (Å²) in [6.45, 7) is 5.89. The first-order valence-corrected chi connectivity index (χ1v) is 10.4. The summed E-state index contributed by atoms with van der Waals surface area (Å²) in [6, 6.07) is 3.89. The van der Waals surface area contributed by atoms with Crippen molar-refractivity contribution in [2.45, 2.75) is 39.2 Å². The highest BCUT2D eigenvalue weighted by Gasteiger charge is 2.26. The molecule has 0 radical (unpaired) electrons. The highest BCUT2D eigenvalue weighted by molar-refractivity contribution is 6.15. The summed E-state index contributed by atoms with van der Waals surface area (Å²) in [5, 5.41) is 2.95. The minimum Gasteiger partial charge on any atom is -0.438 e. The highest BCUT2D eigenvalue weighted by Crippen LogP contribution is 2.32. The molecule has 2 atom stereocenters. The van der Waals surface area contributed by atoms with E-state index in [4.69, 9.17) is 15.9 Å². The van der Waals surface area contributed by atoms with Crippen molar-refractivity contribution in [2.24, 2.45) is 11.7 Å².